The fraction of sp³-hybridized carbons (Fsp3) is 0.800. The zero-order chi connectivity index (χ0) is 6.24. The molecule has 0 atom stereocenters. The van der Waals surface area contributed by atoms with Crippen LogP contribution < -0.4 is 21.2 Å². The Morgan fingerprint density at radius 3 is 3.00 bits per heavy atom. The summed E-state index contributed by atoms with van der Waals surface area (Å²) in [6.45, 7) is 0.828. The van der Waals surface area contributed by atoms with E-state index in [2.05, 4.69) is 6.07 Å². The summed E-state index contributed by atoms with van der Waals surface area (Å²) in [6.07, 6.45) is 0. The quantitative estimate of drug-likeness (QED) is 0.295. The Kier molecular flexibility index (Phi) is 7.34. The molecular weight excluding hydrogens is 217 g/mol. The van der Waals surface area contributed by atoms with E-state index < -0.39 is 0 Å². The summed E-state index contributed by atoms with van der Waals surface area (Å²) >= 11 is 0.132. The summed E-state index contributed by atoms with van der Waals surface area (Å²) in [5.41, 5.74) is 0. The number of hydrogen-bond acceptors (Lipinski definition) is 2. The van der Waals surface area contributed by atoms with Crippen molar-refractivity contribution in [1.82, 2.24) is 0 Å². The van der Waals surface area contributed by atoms with E-state index in [1.54, 1.807) is 7.11 Å². The maximum atomic E-state index is 8.10. The van der Waals surface area contributed by atoms with Gasteiger partial charge in [0, 0.05) is 0 Å². The fourth-order valence-corrected chi connectivity index (χ4v) is 1.62. The molecule has 0 fully saturated rings. The monoisotopic (exact) mass is 226 g/mol. The van der Waals surface area contributed by atoms with Crippen LogP contribution in [0.1, 0.15) is 0 Å². The molecule has 0 bridgehead atoms. The van der Waals surface area contributed by atoms with Crippen LogP contribution in [0.15, 0.2) is 0 Å². The second kappa shape index (κ2) is 7.18. The van der Waals surface area contributed by atoms with Crippen molar-refractivity contribution in [2.45, 2.75) is 0 Å². The molecule has 8 heavy (non-hydrogen) atoms. The zero-order valence-corrected chi connectivity index (χ0v) is 7.01. The van der Waals surface area contributed by atoms with Gasteiger partial charge in [-0.15, -0.1) is 0 Å². The van der Waals surface area contributed by atoms with E-state index in [0.29, 0.717) is 0 Å². The first kappa shape index (κ1) is 8.18. The third kappa shape index (κ3) is 6.18. The van der Waals surface area contributed by atoms with Gasteiger partial charge in [-0.1, -0.05) is 0 Å². The normalized spacial score (nSPS) is 9.00. The van der Waals surface area contributed by atoms with Gasteiger partial charge >= 0.3 is 59.8 Å². The van der Waals surface area contributed by atoms with Crippen molar-refractivity contribution in [2.24, 2.45) is 0 Å². The van der Waals surface area contributed by atoms with E-state index in [9.17, 15) is 0 Å². The molecule has 2 nitrogen and oxygen atoms in total. The van der Waals surface area contributed by atoms with Crippen LogP contribution in [0.4, 0.5) is 0 Å². The molecule has 0 amide bonds. The number of hydrogen-bond donors (Lipinski definition) is 0. The van der Waals surface area contributed by atoms with Gasteiger partial charge in [0.2, 0.25) is 0 Å². The fourth-order valence-electron chi connectivity index (χ4n) is 0.241. The molecule has 0 heterocycles. The zero-order valence-electron chi connectivity index (χ0n) is 4.85. The van der Waals surface area contributed by atoms with Gasteiger partial charge in [-0.25, -0.2) is 0 Å². The molecule has 3 heteroatoms. The molecule has 0 spiro atoms. The second-order valence-electron chi connectivity index (χ2n) is 1.16. The summed E-state index contributed by atoms with van der Waals surface area (Å²) in [4.78, 5) is 0. The number of nitrogens with zero attached hydrogens (tertiary/aromatic N) is 1. The van der Waals surface area contributed by atoms with Gasteiger partial charge in [0.05, 0.1) is 0 Å². The predicted molar refractivity (Wildman–Crippen MR) is 27.2 cm³/mol. The molecule has 0 rings (SSSR count). The summed E-state index contributed by atoms with van der Waals surface area (Å²) in [5, 5.41) is 8.10. The maximum absolute atomic E-state index is 8.10. The number of rotatable bonds is 4. The van der Waals surface area contributed by atoms with Crippen molar-refractivity contribution >= 4 is 0 Å². The second-order valence-corrected chi connectivity index (χ2v) is 4.08. The SMILES string of the molecule is COCC[I-]CC#N. The molecule has 0 aliphatic rings. The molecule has 48 valence electrons. The van der Waals surface area contributed by atoms with Crippen molar-refractivity contribution in [3.8, 4) is 6.07 Å². The van der Waals surface area contributed by atoms with Crippen LogP contribution in [0.3, 0.4) is 0 Å². The summed E-state index contributed by atoms with van der Waals surface area (Å²) in [5.74, 6) is 0. The minimum atomic E-state index is 0.132. The Morgan fingerprint density at radius 2 is 2.50 bits per heavy atom. The van der Waals surface area contributed by atoms with Crippen LogP contribution in [0.2, 0.25) is 0 Å². The molecule has 0 aliphatic heterocycles. The first-order chi connectivity index (χ1) is 3.91. The predicted octanol–water partition coefficient (Wildman–Crippen LogP) is -2.75. The molecule has 0 aromatic carbocycles. The third-order valence-electron chi connectivity index (χ3n) is 0.569. The minimum absolute atomic E-state index is 0.132. The Balaban J connectivity index is 2.65. The van der Waals surface area contributed by atoms with Crippen molar-refractivity contribution in [1.29, 1.82) is 5.26 Å². The number of nitriles is 1. The van der Waals surface area contributed by atoms with Crippen LogP contribution in [0, 0.1) is 11.3 Å². The standard InChI is InChI=1S/C5H9INO/c1-8-5-3-6-2-4-7/h2-3,5H2,1H3/q-1. The van der Waals surface area contributed by atoms with Gasteiger partial charge in [-0.05, 0) is 0 Å². The number of ether oxygens (including phenoxy) is 1. The van der Waals surface area contributed by atoms with Gasteiger partial charge < -0.3 is 0 Å². The number of halogens is 1. The molecule has 0 N–H and O–H groups in total. The molecule has 0 aromatic rings. The summed E-state index contributed by atoms with van der Waals surface area (Å²) in [6, 6.07) is 2.12. The third-order valence-corrected chi connectivity index (χ3v) is 2.65. The van der Waals surface area contributed by atoms with Crippen LogP contribution in [-0.2, 0) is 4.74 Å². The van der Waals surface area contributed by atoms with Crippen LogP contribution in [0.5, 0.6) is 0 Å². The molecule has 0 aromatic heterocycles. The average molecular weight is 226 g/mol. The topological polar surface area (TPSA) is 33.0 Å². The van der Waals surface area contributed by atoms with E-state index in [4.69, 9.17) is 10.00 Å². The Bertz CT molecular complexity index is 79.0. The number of alkyl halides is 2. The first-order valence-electron chi connectivity index (χ1n) is 2.31. The van der Waals surface area contributed by atoms with Crippen LogP contribution in [-0.4, -0.2) is 22.6 Å². The van der Waals surface area contributed by atoms with E-state index >= 15 is 0 Å². The Labute approximate surface area is 60.1 Å². The van der Waals surface area contributed by atoms with Crippen molar-refractivity contribution in [2.75, 3.05) is 22.6 Å². The molecule has 0 radical (unpaired) electrons. The van der Waals surface area contributed by atoms with Gasteiger partial charge in [-0.2, -0.15) is 0 Å². The van der Waals surface area contributed by atoms with E-state index in [1.165, 1.54) is 0 Å². The van der Waals surface area contributed by atoms with E-state index in [-0.39, 0.29) is 21.2 Å². The average Bonchev–Trinajstić information content (AvgIpc) is 1.81. The van der Waals surface area contributed by atoms with Gasteiger partial charge in [-0.3, -0.25) is 0 Å². The van der Waals surface area contributed by atoms with Crippen LogP contribution >= 0.6 is 0 Å². The molecule has 0 saturated heterocycles. The molecule has 0 saturated carbocycles. The Morgan fingerprint density at radius 1 is 1.75 bits per heavy atom. The summed E-state index contributed by atoms with van der Waals surface area (Å²) in [7, 11) is 1.69. The van der Waals surface area contributed by atoms with Crippen molar-refractivity contribution in [3.05, 3.63) is 0 Å². The molecule has 0 unspecified atom stereocenters. The Hall–Kier alpha value is 0.180. The van der Waals surface area contributed by atoms with E-state index in [0.717, 1.165) is 15.5 Å². The van der Waals surface area contributed by atoms with Crippen molar-refractivity contribution < 1.29 is 25.9 Å². The summed E-state index contributed by atoms with van der Waals surface area (Å²) < 4.78 is 6.69. The first-order valence-corrected chi connectivity index (χ1v) is 5.36. The van der Waals surface area contributed by atoms with Gasteiger partial charge in [0.1, 0.15) is 0 Å². The van der Waals surface area contributed by atoms with E-state index in [1.807, 2.05) is 0 Å². The molecule has 0 aliphatic carbocycles. The molecular formula is C5H9INO-. The number of methoxy groups -OCH3 is 1. The van der Waals surface area contributed by atoms with Crippen molar-refractivity contribution in [3.63, 3.8) is 0 Å². The van der Waals surface area contributed by atoms with Crippen LogP contribution in [0.25, 0.3) is 0 Å². The van der Waals surface area contributed by atoms with Gasteiger partial charge in [0.15, 0.2) is 0 Å². The van der Waals surface area contributed by atoms with Gasteiger partial charge in [0.25, 0.3) is 0 Å².